The minimum absolute atomic E-state index is 0.0627. The van der Waals surface area contributed by atoms with E-state index in [0.717, 1.165) is 12.8 Å². The van der Waals surface area contributed by atoms with Crippen molar-refractivity contribution in [2.75, 3.05) is 25.5 Å². The number of nitrogens with zero attached hydrogens (tertiary/aromatic N) is 1. The molecule has 1 aromatic rings. The van der Waals surface area contributed by atoms with Crippen molar-refractivity contribution < 1.29 is 13.2 Å². The van der Waals surface area contributed by atoms with Crippen molar-refractivity contribution in [3.05, 3.63) is 23.8 Å². The van der Waals surface area contributed by atoms with Crippen LogP contribution in [-0.2, 0) is 9.05 Å². The fourth-order valence-electron chi connectivity index (χ4n) is 1.70. The molecule has 0 saturated carbocycles. The lowest BCUT2D eigenvalue weighted by molar-refractivity contribution is 0.0953. The standard InChI is InChI=1S/C13H19ClN2O3S/c1-4-5-8-15-13(17)10-6-7-11(16(2)3)12(9-10)20(14,18)19/h6-7,9H,4-5,8H2,1-3H3,(H,15,17). The molecule has 1 aromatic carbocycles. The first-order valence-electron chi connectivity index (χ1n) is 6.31. The summed E-state index contributed by atoms with van der Waals surface area (Å²) in [6.07, 6.45) is 1.85. The van der Waals surface area contributed by atoms with Crippen molar-refractivity contribution in [1.29, 1.82) is 0 Å². The molecule has 0 unspecified atom stereocenters. The summed E-state index contributed by atoms with van der Waals surface area (Å²) in [5.41, 5.74) is 0.732. The van der Waals surface area contributed by atoms with E-state index in [1.165, 1.54) is 6.07 Å². The van der Waals surface area contributed by atoms with Crippen LogP contribution in [0.15, 0.2) is 23.1 Å². The number of hydrogen-bond acceptors (Lipinski definition) is 4. The third-order valence-corrected chi connectivity index (χ3v) is 4.13. The van der Waals surface area contributed by atoms with Gasteiger partial charge in [-0.15, -0.1) is 0 Å². The molecule has 0 aliphatic heterocycles. The van der Waals surface area contributed by atoms with E-state index in [4.69, 9.17) is 10.7 Å². The molecule has 0 bridgehead atoms. The van der Waals surface area contributed by atoms with Crippen molar-refractivity contribution in [2.24, 2.45) is 0 Å². The van der Waals surface area contributed by atoms with Crippen LogP contribution in [0.2, 0.25) is 0 Å². The quantitative estimate of drug-likeness (QED) is 0.645. The number of nitrogens with one attached hydrogen (secondary N) is 1. The van der Waals surface area contributed by atoms with Crippen LogP contribution < -0.4 is 10.2 Å². The van der Waals surface area contributed by atoms with Crippen LogP contribution in [0.4, 0.5) is 5.69 Å². The zero-order chi connectivity index (χ0) is 15.3. The predicted octanol–water partition coefficient (Wildman–Crippen LogP) is 2.21. The molecule has 1 N–H and O–H groups in total. The van der Waals surface area contributed by atoms with Gasteiger partial charge in [-0.05, 0) is 24.6 Å². The maximum absolute atomic E-state index is 11.9. The Kier molecular flexibility index (Phi) is 5.83. The molecular formula is C13H19ClN2O3S. The van der Waals surface area contributed by atoms with Crippen molar-refractivity contribution in [3.8, 4) is 0 Å². The molecule has 0 radical (unpaired) electrons. The van der Waals surface area contributed by atoms with Gasteiger partial charge in [0.05, 0.1) is 5.69 Å². The summed E-state index contributed by atoms with van der Waals surface area (Å²) in [6, 6.07) is 4.46. The molecule has 0 saturated heterocycles. The third-order valence-electron chi connectivity index (χ3n) is 2.78. The number of hydrogen-bond donors (Lipinski definition) is 1. The second kappa shape index (κ2) is 6.95. The number of rotatable bonds is 6. The fourth-order valence-corrected chi connectivity index (χ4v) is 2.84. The molecule has 1 amide bonds. The summed E-state index contributed by atoms with van der Waals surface area (Å²) in [5.74, 6) is -0.301. The molecule has 0 aromatic heterocycles. The first-order chi connectivity index (χ1) is 9.27. The molecule has 7 heteroatoms. The number of amides is 1. The van der Waals surface area contributed by atoms with E-state index in [2.05, 4.69) is 5.32 Å². The van der Waals surface area contributed by atoms with Crippen molar-refractivity contribution in [2.45, 2.75) is 24.7 Å². The van der Waals surface area contributed by atoms with Gasteiger partial charge in [-0.25, -0.2) is 8.42 Å². The summed E-state index contributed by atoms with van der Waals surface area (Å²) >= 11 is 0. The van der Waals surface area contributed by atoms with Gasteiger partial charge in [0.15, 0.2) is 0 Å². The Morgan fingerprint density at radius 2 is 2.00 bits per heavy atom. The zero-order valence-electron chi connectivity index (χ0n) is 11.8. The lowest BCUT2D eigenvalue weighted by Crippen LogP contribution is -2.24. The van der Waals surface area contributed by atoms with Gasteiger partial charge in [0, 0.05) is 36.9 Å². The molecule has 0 aliphatic carbocycles. The number of unbranched alkanes of at least 4 members (excludes halogenated alkanes) is 1. The predicted molar refractivity (Wildman–Crippen MR) is 81.0 cm³/mol. The van der Waals surface area contributed by atoms with Crippen molar-refractivity contribution >= 4 is 31.3 Å². The van der Waals surface area contributed by atoms with Crippen LogP contribution >= 0.6 is 10.7 Å². The summed E-state index contributed by atoms with van der Waals surface area (Å²) in [7, 11) is 4.94. The van der Waals surface area contributed by atoms with E-state index in [9.17, 15) is 13.2 Å². The molecule has 20 heavy (non-hydrogen) atoms. The van der Waals surface area contributed by atoms with Gasteiger partial charge < -0.3 is 10.2 Å². The monoisotopic (exact) mass is 318 g/mol. The highest BCUT2D eigenvalue weighted by atomic mass is 35.7. The highest BCUT2D eigenvalue weighted by Gasteiger charge is 2.19. The SMILES string of the molecule is CCCCNC(=O)c1ccc(N(C)C)c(S(=O)(=O)Cl)c1. The molecular weight excluding hydrogens is 300 g/mol. The number of anilines is 1. The maximum Gasteiger partial charge on any atom is 0.263 e. The molecule has 0 spiro atoms. The van der Waals surface area contributed by atoms with Crippen LogP contribution in [-0.4, -0.2) is 35.0 Å². The lowest BCUT2D eigenvalue weighted by Gasteiger charge is -2.16. The largest absolute Gasteiger partial charge is 0.377 e. The van der Waals surface area contributed by atoms with Crippen LogP contribution in [0.1, 0.15) is 30.1 Å². The van der Waals surface area contributed by atoms with Gasteiger partial charge in [-0.3, -0.25) is 4.79 Å². The Bertz CT molecular complexity index is 585. The third kappa shape index (κ3) is 4.38. The minimum atomic E-state index is -3.91. The van der Waals surface area contributed by atoms with Crippen LogP contribution in [0, 0.1) is 0 Å². The van der Waals surface area contributed by atoms with Gasteiger partial charge in [0.1, 0.15) is 4.90 Å². The molecule has 112 valence electrons. The minimum Gasteiger partial charge on any atom is -0.377 e. The second-order valence-electron chi connectivity index (χ2n) is 4.62. The molecule has 0 fully saturated rings. The smallest absolute Gasteiger partial charge is 0.263 e. The van der Waals surface area contributed by atoms with Crippen molar-refractivity contribution in [1.82, 2.24) is 5.32 Å². The maximum atomic E-state index is 11.9. The molecule has 1 rings (SSSR count). The molecule has 0 atom stereocenters. The Balaban J connectivity index is 3.10. The number of carbonyl (C=O) groups excluding carboxylic acids is 1. The highest BCUT2D eigenvalue weighted by Crippen LogP contribution is 2.27. The van der Waals surface area contributed by atoms with Crippen LogP contribution in [0.3, 0.4) is 0 Å². The van der Waals surface area contributed by atoms with Gasteiger partial charge >= 0.3 is 0 Å². The van der Waals surface area contributed by atoms with E-state index in [0.29, 0.717) is 12.2 Å². The Morgan fingerprint density at radius 1 is 1.35 bits per heavy atom. The van der Waals surface area contributed by atoms with Crippen molar-refractivity contribution in [3.63, 3.8) is 0 Å². The normalized spacial score (nSPS) is 11.2. The molecule has 5 nitrogen and oxygen atoms in total. The average Bonchev–Trinajstić information content (AvgIpc) is 2.37. The van der Waals surface area contributed by atoms with E-state index >= 15 is 0 Å². The second-order valence-corrected chi connectivity index (χ2v) is 7.16. The fraction of sp³-hybridized carbons (Fsp3) is 0.462. The average molecular weight is 319 g/mol. The van der Waals surface area contributed by atoms with Gasteiger partial charge in [0.2, 0.25) is 0 Å². The Labute approximate surface area is 124 Å². The van der Waals surface area contributed by atoms with Gasteiger partial charge in [-0.2, -0.15) is 0 Å². The summed E-state index contributed by atoms with van der Waals surface area (Å²) in [6.45, 7) is 2.59. The first kappa shape index (κ1) is 16.8. The van der Waals surface area contributed by atoms with Crippen LogP contribution in [0.25, 0.3) is 0 Å². The number of carbonyl (C=O) groups is 1. The Morgan fingerprint density at radius 3 is 2.50 bits per heavy atom. The molecule has 0 heterocycles. The summed E-state index contributed by atoms with van der Waals surface area (Å²) in [5, 5.41) is 2.74. The molecule has 0 aliphatic rings. The van der Waals surface area contributed by atoms with Gasteiger partial charge in [0.25, 0.3) is 15.0 Å². The van der Waals surface area contributed by atoms with Gasteiger partial charge in [-0.1, -0.05) is 13.3 Å². The lowest BCUT2D eigenvalue weighted by atomic mass is 10.2. The zero-order valence-corrected chi connectivity index (χ0v) is 13.4. The van der Waals surface area contributed by atoms with Crippen LogP contribution in [0.5, 0.6) is 0 Å². The summed E-state index contributed by atoms with van der Waals surface area (Å²) < 4.78 is 23.2. The van der Waals surface area contributed by atoms with E-state index in [1.807, 2.05) is 6.92 Å². The topological polar surface area (TPSA) is 66.5 Å². The van der Waals surface area contributed by atoms with E-state index in [1.54, 1.807) is 31.1 Å². The highest BCUT2D eigenvalue weighted by molar-refractivity contribution is 8.13. The Hall–Kier alpha value is -1.27. The van der Waals surface area contributed by atoms with E-state index < -0.39 is 9.05 Å². The first-order valence-corrected chi connectivity index (χ1v) is 8.62. The van der Waals surface area contributed by atoms with E-state index in [-0.39, 0.29) is 16.4 Å². The number of halogens is 1. The summed E-state index contributed by atoms with van der Waals surface area (Å²) in [4.78, 5) is 13.5. The number of benzene rings is 1.